The second-order valence-electron chi connectivity index (χ2n) is 8.01. The first-order chi connectivity index (χ1) is 16.5. The van der Waals surface area contributed by atoms with Crippen LogP contribution >= 0.6 is 0 Å². The Labute approximate surface area is 198 Å². The zero-order valence-electron chi connectivity index (χ0n) is 19.4. The number of ether oxygens (including phenoxy) is 2. The molecule has 0 saturated carbocycles. The molecule has 0 fully saturated rings. The molecule has 0 unspecified atom stereocenters. The van der Waals surface area contributed by atoms with E-state index in [9.17, 15) is 4.79 Å². The van der Waals surface area contributed by atoms with Crippen LogP contribution in [0.1, 0.15) is 16.9 Å². The summed E-state index contributed by atoms with van der Waals surface area (Å²) >= 11 is 0. The molecule has 6 nitrogen and oxygen atoms in total. The Morgan fingerprint density at radius 1 is 0.941 bits per heavy atom. The number of fused-ring (bicyclic) bond motifs is 1. The molecular weight excluding hydrogens is 428 g/mol. The van der Waals surface area contributed by atoms with Gasteiger partial charge in [-0.3, -0.25) is 4.79 Å². The summed E-state index contributed by atoms with van der Waals surface area (Å²) in [6.07, 6.45) is 3.66. The number of hydrogen-bond acceptors (Lipinski definition) is 6. The Balaban J connectivity index is 1.72. The van der Waals surface area contributed by atoms with Crippen LogP contribution in [0.4, 0.5) is 5.69 Å². The van der Waals surface area contributed by atoms with Crippen LogP contribution in [0.15, 0.2) is 82.0 Å². The molecule has 3 aromatic carbocycles. The van der Waals surface area contributed by atoms with E-state index in [-0.39, 0.29) is 17.8 Å². The van der Waals surface area contributed by atoms with Crippen molar-refractivity contribution in [2.24, 2.45) is 5.73 Å². The molecule has 0 saturated heterocycles. The highest BCUT2D eigenvalue weighted by molar-refractivity contribution is 5.82. The third kappa shape index (κ3) is 5.47. The number of benzene rings is 3. The molecule has 0 aliphatic carbocycles. The molecule has 34 heavy (non-hydrogen) atoms. The first-order valence-electron chi connectivity index (χ1n) is 11.1. The highest BCUT2D eigenvalue weighted by Crippen LogP contribution is 2.27. The number of hydrogen-bond donors (Lipinski definition) is 1. The topological polar surface area (TPSA) is 77.9 Å². The SMILES string of the molecule is CN(C)c1ccc(/C=C/c2oc3cc(OCCN)ccc3c(=O)c2OCc2ccccc2)cc1. The van der Waals surface area contributed by atoms with Gasteiger partial charge >= 0.3 is 0 Å². The zero-order chi connectivity index (χ0) is 23.9. The van der Waals surface area contributed by atoms with Gasteiger partial charge < -0.3 is 24.5 Å². The van der Waals surface area contributed by atoms with Crippen molar-refractivity contribution in [1.82, 2.24) is 0 Å². The lowest BCUT2D eigenvalue weighted by Gasteiger charge is -2.12. The van der Waals surface area contributed by atoms with Gasteiger partial charge in [-0.15, -0.1) is 0 Å². The van der Waals surface area contributed by atoms with E-state index in [4.69, 9.17) is 19.6 Å². The van der Waals surface area contributed by atoms with E-state index in [0.717, 1.165) is 16.8 Å². The largest absolute Gasteiger partial charge is 0.492 e. The molecule has 2 N–H and O–H groups in total. The summed E-state index contributed by atoms with van der Waals surface area (Å²) in [5.74, 6) is 1.11. The summed E-state index contributed by atoms with van der Waals surface area (Å²) in [6.45, 7) is 1.03. The van der Waals surface area contributed by atoms with Crippen LogP contribution in [0.2, 0.25) is 0 Å². The summed E-state index contributed by atoms with van der Waals surface area (Å²) < 4.78 is 17.7. The molecule has 0 aliphatic heterocycles. The van der Waals surface area contributed by atoms with E-state index in [1.54, 1.807) is 24.3 Å². The zero-order valence-corrected chi connectivity index (χ0v) is 19.4. The minimum atomic E-state index is -0.231. The second kappa shape index (κ2) is 10.7. The maximum absolute atomic E-state index is 13.3. The quantitative estimate of drug-likeness (QED) is 0.384. The predicted octanol–water partition coefficient (Wildman–Crippen LogP) is 4.95. The van der Waals surface area contributed by atoms with Gasteiger partial charge in [0.25, 0.3) is 0 Å². The van der Waals surface area contributed by atoms with E-state index >= 15 is 0 Å². The summed E-state index contributed by atoms with van der Waals surface area (Å²) in [6, 6.07) is 22.9. The van der Waals surface area contributed by atoms with Crippen molar-refractivity contribution >= 4 is 28.8 Å². The molecular formula is C28H28N2O4. The van der Waals surface area contributed by atoms with Crippen LogP contribution in [-0.2, 0) is 6.61 Å². The monoisotopic (exact) mass is 456 g/mol. The van der Waals surface area contributed by atoms with Crippen LogP contribution in [0, 0.1) is 0 Å². The average Bonchev–Trinajstić information content (AvgIpc) is 2.86. The molecule has 0 bridgehead atoms. The summed E-state index contributed by atoms with van der Waals surface area (Å²) in [5.41, 5.74) is 8.76. The molecule has 1 heterocycles. The smallest absolute Gasteiger partial charge is 0.235 e. The molecule has 4 rings (SSSR count). The van der Waals surface area contributed by atoms with E-state index in [1.807, 2.05) is 79.7 Å². The third-order valence-electron chi connectivity index (χ3n) is 5.30. The van der Waals surface area contributed by atoms with Gasteiger partial charge in [0.1, 0.15) is 24.5 Å². The average molecular weight is 457 g/mol. The standard InChI is InChI=1S/C28H28N2O4/c1-30(2)22-11-8-20(9-12-22)10-15-25-28(33-19-21-6-4-3-5-7-21)27(31)24-14-13-23(32-17-16-29)18-26(24)34-25/h3-15,18H,16-17,19,29H2,1-2H3/b15-10+. The molecule has 0 aliphatic rings. The lowest BCUT2D eigenvalue weighted by Crippen LogP contribution is -2.12. The summed E-state index contributed by atoms with van der Waals surface area (Å²) in [4.78, 5) is 15.4. The lowest BCUT2D eigenvalue weighted by atomic mass is 10.1. The third-order valence-corrected chi connectivity index (χ3v) is 5.30. The first-order valence-corrected chi connectivity index (χ1v) is 11.1. The van der Waals surface area contributed by atoms with E-state index < -0.39 is 0 Å². The lowest BCUT2D eigenvalue weighted by molar-refractivity contribution is 0.293. The van der Waals surface area contributed by atoms with E-state index in [0.29, 0.717) is 35.6 Å². The number of nitrogens with two attached hydrogens (primary N) is 1. The van der Waals surface area contributed by atoms with Crippen molar-refractivity contribution in [2.75, 3.05) is 32.1 Å². The molecule has 0 amide bonds. The summed E-state index contributed by atoms with van der Waals surface area (Å²) in [7, 11) is 3.99. The number of nitrogens with zero attached hydrogens (tertiary/aromatic N) is 1. The van der Waals surface area contributed by atoms with Crippen molar-refractivity contribution in [3.8, 4) is 11.5 Å². The molecule has 6 heteroatoms. The van der Waals surface area contributed by atoms with Gasteiger partial charge in [0.2, 0.25) is 11.2 Å². The number of anilines is 1. The van der Waals surface area contributed by atoms with Gasteiger partial charge in [0.05, 0.1) is 5.39 Å². The van der Waals surface area contributed by atoms with Crippen LogP contribution < -0.4 is 25.5 Å². The van der Waals surface area contributed by atoms with Crippen molar-refractivity contribution in [3.05, 3.63) is 99.9 Å². The van der Waals surface area contributed by atoms with E-state index in [2.05, 4.69) is 0 Å². The minimum Gasteiger partial charge on any atom is -0.492 e. The van der Waals surface area contributed by atoms with Crippen LogP contribution in [-0.4, -0.2) is 27.2 Å². The van der Waals surface area contributed by atoms with Crippen molar-refractivity contribution in [3.63, 3.8) is 0 Å². The maximum Gasteiger partial charge on any atom is 0.235 e. The Morgan fingerprint density at radius 2 is 1.71 bits per heavy atom. The Bertz CT molecular complexity index is 1330. The molecule has 0 radical (unpaired) electrons. The van der Waals surface area contributed by atoms with Gasteiger partial charge in [-0.2, -0.15) is 0 Å². The number of rotatable bonds is 9. The normalized spacial score (nSPS) is 11.1. The fourth-order valence-electron chi connectivity index (χ4n) is 3.47. The maximum atomic E-state index is 13.3. The Morgan fingerprint density at radius 3 is 2.41 bits per heavy atom. The molecule has 1 aromatic heterocycles. The van der Waals surface area contributed by atoms with E-state index in [1.165, 1.54) is 0 Å². The second-order valence-corrected chi connectivity index (χ2v) is 8.01. The van der Waals surface area contributed by atoms with Crippen LogP contribution in [0.3, 0.4) is 0 Å². The van der Waals surface area contributed by atoms with Crippen molar-refractivity contribution in [2.45, 2.75) is 6.61 Å². The molecule has 174 valence electrons. The van der Waals surface area contributed by atoms with Crippen LogP contribution in [0.5, 0.6) is 11.5 Å². The van der Waals surface area contributed by atoms with Gasteiger partial charge in [-0.1, -0.05) is 48.5 Å². The highest BCUT2D eigenvalue weighted by atomic mass is 16.5. The van der Waals surface area contributed by atoms with Gasteiger partial charge in [-0.25, -0.2) is 0 Å². The fourth-order valence-corrected chi connectivity index (χ4v) is 3.47. The predicted molar refractivity (Wildman–Crippen MR) is 138 cm³/mol. The minimum absolute atomic E-state index is 0.174. The fraction of sp³-hybridized carbons (Fsp3) is 0.179. The van der Waals surface area contributed by atoms with Crippen molar-refractivity contribution in [1.29, 1.82) is 0 Å². The Hall–Kier alpha value is -4.03. The molecule has 0 atom stereocenters. The Kier molecular flexibility index (Phi) is 7.30. The van der Waals surface area contributed by atoms with Crippen LogP contribution in [0.25, 0.3) is 23.1 Å². The first kappa shape index (κ1) is 23.1. The molecule has 4 aromatic rings. The van der Waals surface area contributed by atoms with Gasteiger partial charge in [0.15, 0.2) is 5.76 Å². The summed E-state index contributed by atoms with van der Waals surface area (Å²) in [5, 5.41) is 0.427. The highest BCUT2D eigenvalue weighted by Gasteiger charge is 2.15. The van der Waals surface area contributed by atoms with Crippen molar-refractivity contribution < 1.29 is 13.9 Å². The van der Waals surface area contributed by atoms with Gasteiger partial charge in [-0.05, 0) is 41.5 Å². The molecule has 0 spiro atoms. The van der Waals surface area contributed by atoms with Gasteiger partial charge in [0, 0.05) is 32.4 Å².